The number of aliphatic carboxylic acids is 1. The van der Waals surface area contributed by atoms with Crippen LogP contribution in [0.3, 0.4) is 0 Å². The van der Waals surface area contributed by atoms with Crippen molar-refractivity contribution in [3.63, 3.8) is 0 Å². The second-order valence-corrected chi connectivity index (χ2v) is 6.67. The summed E-state index contributed by atoms with van der Waals surface area (Å²) in [4.78, 5) is 19.6. The molecule has 0 N–H and O–H groups in total. The second-order valence-electron chi connectivity index (χ2n) is 2.26. The van der Waals surface area contributed by atoms with Gasteiger partial charge in [0, 0.05) is 5.97 Å². The van der Waals surface area contributed by atoms with Gasteiger partial charge < -0.3 is 25.1 Å². The Morgan fingerprint density at radius 2 is 1.85 bits per heavy atom. The van der Waals surface area contributed by atoms with E-state index >= 15 is 0 Å². The summed E-state index contributed by atoms with van der Waals surface area (Å²) in [5.41, 5.74) is 0. The molecule has 0 amide bonds. The minimum absolute atomic E-state index is 0. The van der Waals surface area contributed by atoms with E-state index in [2.05, 4.69) is 10.4 Å². The molecule has 0 unspecified atom stereocenters. The first-order chi connectivity index (χ1) is 5.56. The molecule has 68 valence electrons. The molecule has 13 heavy (non-hydrogen) atoms. The Kier molecular flexibility index (Phi) is 6.00. The van der Waals surface area contributed by atoms with Crippen molar-refractivity contribution in [3.8, 4) is 0 Å². The predicted octanol–water partition coefficient (Wildman–Crippen LogP) is -3.00. The van der Waals surface area contributed by atoms with Crippen LogP contribution >= 0.6 is 0 Å². The van der Waals surface area contributed by atoms with E-state index in [4.69, 9.17) is 0 Å². The minimum Gasteiger partial charge on any atom is -0.797 e. The van der Waals surface area contributed by atoms with Gasteiger partial charge in [-0.1, -0.05) is 13.3 Å². The topological polar surface area (TPSA) is 90.9 Å². The number of rotatable bonds is 2. The van der Waals surface area contributed by atoms with Crippen LogP contribution in [0.15, 0.2) is 0 Å². The fraction of sp³-hybridized carbons (Fsp3) is 0.750. The summed E-state index contributed by atoms with van der Waals surface area (Å²) in [5.74, 6) is -0.961. The van der Waals surface area contributed by atoms with Crippen molar-refractivity contribution in [2.75, 3.05) is 0 Å². The van der Waals surface area contributed by atoms with Crippen molar-refractivity contribution >= 4 is 53.2 Å². The first-order valence-corrected chi connectivity index (χ1v) is 6.54. The van der Waals surface area contributed by atoms with Crippen LogP contribution in [0, 0.1) is 0 Å². The summed E-state index contributed by atoms with van der Waals surface area (Å²) in [7, 11) is -3.00. The van der Waals surface area contributed by atoms with Crippen molar-refractivity contribution in [3.05, 3.63) is 0 Å². The SMILES string of the molecule is CCCC(=O)[O-].[Mg+2].[O-][Si]12[O][Al]([O]1)[O]2. The van der Waals surface area contributed by atoms with E-state index in [1.165, 1.54) is 0 Å². The number of carboxylic acids is 1. The Bertz CT molecular complexity index is 174. The van der Waals surface area contributed by atoms with Crippen LogP contribution in [-0.4, -0.2) is 53.2 Å². The molecule has 3 fully saturated rings. The standard InChI is InChI=1S/C4H8O2.Al.Mg.O4Si/c1-2-3-4(5)6;;;1-5(2,3)4/h2-3H2,1H3,(H,5,6);;;/q;+3;+2;-4/p-1. The van der Waals surface area contributed by atoms with Gasteiger partial charge in [0.1, 0.15) is 0 Å². The van der Waals surface area contributed by atoms with E-state index in [1.807, 2.05) is 0 Å². The summed E-state index contributed by atoms with van der Waals surface area (Å²) < 4.78 is 13.5. The summed E-state index contributed by atoms with van der Waals surface area (Å²) in [6, 6.07) is 0. The van der Waals surface area contributed by atoms with Gasteiger partial charge >= 0.3 is 47.3 Å². The molecule has 0 atom stereocenters. The monoisotopic (exact) mass is 230 g/mol. The van der Waals surface area contributed by atoms with E-state index in [9.17, 15) is 14.7 Å². The van der Waals surface area contributed by atoms with Gasteiger partial charge in [0.25, 0.3) is 0 Å². The molecule has 0 radical (unpaired) electrons. The summed E-state index contributed by atoms with van der Waals surface area (Å²) in [6.45, 7) is 1.80. The average molecular weight is 230 g/mol. The van der Waals surface area contributed by atoms with Crippen LogP contribution in [0.2, 0.25) is 0 Å². The number of carboxylic acid groups (broad SMARTS) is 1. The van der Waals surface area contributed by atoms with Gasteiger partial charge in [-0.3, -0.25) is 0 Å². The van der Waals surface area contributed by atoms with E-state index < -0.39 is 30.2 Å². The van der Waals surface area contributed by atoms with Gasteiger partial charge in [-0.15, -0.1) is 0 Å². The molecule has 0 aromatic carbocycles. The van der Waals surface area contributed by atoms with Crippen molar-refractivity contribution in [1.82, 2.24) is 0 Å². The maximum absolute atomic E-state index is 10.1. The zero-order valence-electron chi connectivity index (χ0n) is 7.15. The first-order valence-electron chi connectivity index (χ1n) is 3.49. The number of carbonyl (C=O) groups is 1. The van der Waals surface area contributed by atoms with Gasteiger partial charge in [-0.25, -0.2) is 0 Å². The summed E-state index contributed by atoms with van der Waals surface area (Å²) in [5, 5.41) is 9.49. The van der Waals surface area contributed by atoms with Crippen LogP contribution < -0.4 is 9.90 Å². The van der Waals surface area contributed by atoms with E-state index in [0.717, 1.165) is 0 Å². The molecule has 3 heterocycles. The molecule has 0 saturated carbocycles. The van der Waals surface area contributed by atoms with Gasteiger partial charge in [-0.05, 0) is 6.42 Å². The van der Waals surface area contributed by atoms with Crippen molar-refractivity contribution < 1.29 is 25.1 Å². The smallest absolute Gasteiger partial charge is 0.797 e. The molecule has 3 aliphatic heterocycles. The molecule has 3 rings (SSSR count). The zero-order chi connectivity index (χ0) is 9.19. The Labute approximate surface area is 97.8 Å². The zero-order valence-corrected chi connectivity index (χ0v) is 10.7. The first kappa shape index (κ1) is 13.8. The second kappa shape index (κ2) is 5.64. The minimum atomic E-state index is -3.00. The van der Waals surface area contributed by atoms with Crippen molar-refractivity contribution in [1.29, 1.82) is 0 Å². The Morgan fingerprint density at radius 1 is 1.46 bits per heavy atom. The van der Waals surface area contributed by atoms with Gasteiger partial charge in [0.15, 0.2) is 0 Å². The van der Waals surface area contributed by atoms with E-state index in [1.54, 1.807) is 6.92 Å². The molecule has 3 saturated heterocycles. The largest absolute Gasteiger partial charge is 2.00 e. The quantitative estimate of drug-likeness (QED) is 0.470. The summed E-state index contributed by atoms with van der Waals surface area (Å²) in [6.07, 6.45) is 0.850. The van der Waals surface area contributed by atoms with Crippen LogP contribution in [0.4, 0.5) is 0 Å². The maximum atomic E-state index is 10.1. The molecule has 9 heteroatoms. The number of hydrogen-bond donors (Lipinski definition) is 0. The third-order valence-corrected chi connectivity index (χ3v) is 6.95. The van der Waals surface area contributed by atoms with Gasteiger partial charge in [0.05, 0.1) is 0 Å². The number of hydrogen-bond acceptors (Lipinski definition) is 6. The van der Waals surface area contributed by atoms with E-state index in [-0.39, 0.29) is 29.5 Å². The van der Waals surface area contributed by atoms with Crippen molar-refractivity contribution in [2.24, 2.45) is 0 Å². The maximum Gasteiger partial charge on any atom is 2.00 e. The Hall–Kier alpha value is 0.826. The molecule has 0 spiro atoms. The van der Waals surface area contributed by atoms with Crippen LogP contribution in [0.1, 0.15) is 19.8 Å². The molecule has 3 aliphatic rings. The Morgan fingerprint density at radius 3 is 1.85 bits per heavy atom. The molecular weight excluding hydrogens is 223 g/mol. The van der Waals surface area contributed by atoms with Crippen LogP contribution in [0.25, 0.3) is 0 Å². The molecule has 0 aliphatic carbocycles. The number of carbonyl (C=O) groups excluding carboxylic acids is 1. The molecular formula is C4H7AlMgO6Si. The fourth-order valence-corrected chi connectivity index (χ4v) is 3.62. The Balaban J connectivity index is 0.000000206. The average Bonchev–Trinajstić information content (AvgIpc) is 1.82. The normalized spacial score (nSPS) is 19.7. The van der Waals surface area contributed by atoms with E-state index in [0.29, 0.717) is 6.42 Å². The predicted molar refractivity (Wildman–Crippen MR) is 40.4 cm³/mol. The van der Waals surface area contributed by atoms with Gasteiger partial charge in [-0.2, -0.15) is 0 Å². The molecule has 0 aromatic heterocycles. The van der Waals surface area contributed by atoms with Gasteiger partial charge in [0.2, 0.25) is 0 Å². The molecule has 2 bridgehead atoms. The van der Waals surface area contributed by atoms with Crippen molar-refractivity contribution in [2.45, 2.75) is 19.8 Å². The van der Waals surface area contributed by atoms with Crippen LogP contribution in [-0.2, 0) is 15.2 Å². The summed E-state index contributed by atoms with van der Waals surface area (Å²) >= 11 is -1.64. The van der Waals surface area contributed by atoms with Crippen LogP contribution in [0.5, 0.6) is 0 Å². The third kappa shape index (κ3) is 4.24. The fourth-order valence-electron chi connectivity index (χ4n) is 0.584. The third-order valence-electron chi connectivity index (χ3n) is 1.18. The molecule has 6 nitrogen and oxygen atoms in total. The molecule has 0 aromatic rings.